The number of piperazine rings is 1. The maximum Gasteiger partial charge on any atom is 0.407 e. The molecular formula is C10H17N3O3. The summed E-state index contributed by atoms with van der Waals surface area (Å²) in [5.41, 5.74) is 0. The first-order valence-electron chi connectivity index (χ1n) is 5.56. The van der Waals surface area contributed by atoms with Crippen molar-refractivity contribution in [2.24, 2.45) is 0 Å². The molecule has 6 nitrogen and oxygen atoms in total. The van der Waals surface area contributed by atoms with Gasteiger partial charge < -0.3 is 19.8 Å². The Balaban J connectivity index is 2.07. The maximum absolute atomic E-state index is 11.9. The Labute approximate surface area is 94.4 Å². The Bertz CT molecular complexity index is 318. The van der Waals surface area contributed by atoms with E-state index in [1.165, 1.54) is 4.90 Å². The summed E-state index contributed by atoms with van der Waals surface area (Å²) in [6, 6.07) is 0.251. The highest BCUT2D eigenvalue weighted by Gasteiger charge is 2.42. The molecule has 0 spiro atoms. The first-order valence-corrected chi connectivity index (χ1v) is 5.56. The molecule has 16 heavy (non-hydrogen) atoms. The standard InChI is InChI=1S/C10H17N3O3/c1-7(2)13-6-8-5-11(10(15)16)3-4-12(8)9(13)14/h7-8H,3-6H2,1-2H3,(H,15,16). The summed E-state index contributed by atoms with van der Waals surface area (Å²) in [7, 11) is 0. The molecule has 2 heterocycles. The number of fused-ring (bicyclic) bond motifs is 1. The molecule has 1 atom stereocenters. The zero-order chi connectivity index (χ0) is 11.9. The molecule has 2 aliphatic heterocycles. The van der Waals surface area contributed by atoms with Crippen molar-refractivity contribution in [2.75, 3.05) is 26.2 Å². The number of amides is 3. The minimum atomic E-state index is -0.893. The molecule has 2 rings (SSSR count). The molecule has 0 aromatic carbocycles. The first-order chi connectivity index (χ1) is 7.50. The maximum atomic E-state index is 11.9. The average Bonchev–Trinajstić information content (AvgIpc) is 2.55. The molecule has 1 N–H and O–H groups in total. The molecule has 0 aliphatic carbocycles. The Morgan fingerprint density at radius 2 is 2.06 bits per heavy atom. The molecule has 3 amide bonds. The van der Waals surface area contributed by atoms with Gasteiger partial charge in [-0.1, -0.05) is 0 Å². The predicted molar refractivity (Wildman–Crippen MR) is 57.3 cm³/mol. The highest BCUT2D eigenvalue weighted by molar-refractivity contribution is 5.78. The second-order valence-electron chi connectivity index (χ2n) is 4.60. The Morgan fingerprint density at radius 3 is 2.62 bits per heavy atom. The van der Waals surface area contributed by atoms with Gasteiger partial charge in [0.05, 0.1) is 6.04 Å². The second-order valence-corrected chi connectivity index (χ2v) is 4.60. The predicted octanol–water partition coefficient (Wildman–Crippen LogP) is 0.495. The molecule has 2 aliphatic rings. The highest BCUT2D eigenvalue weighted by Crippen LogP contribution is 2.22. The highest BCUT2D eigenvalue weighted by atomic mass is 16.4. The minimum Gasteiger partial charge on any atom is -0.465 e. The fourth-order valence-electron chi connectivity index (χ4n) is 2.34. The number of carbonyl (C=O) groups excluding carboxylic acids is 1. The van der Waals surface area contributed by atoms with Crippen LogP contribution in [0, 0.1) is 0 Å². The lowest BCUT2D eigenvalue weighted by Crippen LogP contribution is -2.53. The molecule has 90 valence electrons. The second kappa shape index (κ2) is 3.84. The van der Waals surface area contributed by atoms with Crippen LogP contribution in [-0.4, -0.2) is 70.2 Å². The van der Waals surface area contributed by atoms with E-state index in [0.29, 0.717) is 26.2 Å². The number of hydrogen-bond donors (Lipinski definition) is 1. The van der Waals surface area contributed by atoms with E-state index in [1.54, 1.807) is 9.80 Å². The lowest BCUT2D eigenvalue weighted by Gasteiger charge is -2.34. The van der Waals surface area contributed by atoms with Gasteiger partial charge in [-0.3, -0.25) is 0 Å². The third kappa shape index (κ3) is 1.68. The quantitative estimate of drug-likeness (QED) is 0.709. The fourth-order valence-corrected chi connectivity index (χ4v) is 2.34. The van der Waals surface area contributed by atoms with E-state index >= 15 is 0 Å². The summed E-state index contributed by atoms with van der Waals surface area (Å²) >= 11 is 0. The van der Waals surface area contributed by atoms with Crippen molar-refractivity contribution in [3.63, 3.8) is 0 Å². The van der Waals surface area contributed by atoms with Crippen molar-refractivity contribution in [3.05, 3.63) is 0 Å². The molecule has 2 fully saturated rings. The molecule has 0 saturated carbocycles. The lowest BCUT2D eigenvalue weighted by atomic mass is 10.2. The van der Waals surface area contributed by atoms with Crippen LogP contribution in [0.15, 0.2) is 0 Å². The van der Waals surface area contributed by atoms with Crippen molar-refractivity contribution < 1.29 is 14.7 Å². The van der Waals surface area contributed by atoms with Crippen LogP contribution in [0.25, 0.3) is 0 Å². The molecule has 2 saturated heterocycles. The van der Waals surface area contributed by atoms with E-state index < -0.39 is 6.09 Å². The fraction of sp³-hybridized carbons (Fsp3) is 0.800. The van der Waals surface area contributed by atoms with Gasteiger partial charge in [-0.25, -0.2) is 9.59 Å². The van der Waals surface area contributed by atoms with Crippen molar-refractivity contribution in [1.29, 1.82) is 0 Å². The van der Waals surface area contributed by atoms with Crippen molar-refractivity contribution in [3.8, 4) is 0 Å². The molecular weight excluding hydrogens is 210 g/mol. The molecule has 1 unspecified atom stereocenters. The van der Waals surface area contributed by atoms with Crippen LogP contribution in [-0.2, 0) is 0 Å². The van der Waals surface area contributed by atoms with Gasteiger partial charge in [0.25, 0.3) is 0 Å². The number of urea groups is 1. The number of hydrogen-bond acceptors (Lipinski definition) is 2. The third-order valence-electron chi connectivity index (χ3n) is 3.28. The number of rotatable bonds is 1. The Hall–Kier alpha value is -1.46. The van der Waals surface area contributed by atoms with Crippen LogP contribution in [0.5, 0.6) is 0 Å². The van der Waals surface area contributed by atoms with Gasteiger partial charge in [0.1, 0.15) is 0 Å². The Kier molecular flexibility index (Phi) is 2.65. The van der Waals surface area contributed by atoms with Gasteiger partial charge in [-0.2, -0.15) is 0 Å². The van der Waals surface area contributed by atoms with Crippen LogP contribution >= 0.6 is 0 Å². The molecule has 0 radical (unpaired) electrons. The minimum absolute atomic E-state index is 0.0275. The summed E-state index contributed by atoms with van der Waals surface area (Å²) in [6.45, 7) is 5.96. The van der Waals surface area contributed by atoms with Crippen LogP contribution in [0.3, 0.4) is 0 Å². The molecule has 6 heteroatoms. The van der Waals surface area contributed by atoms with Gasteiger partial charge in [-0.05, 0) is 13.8 Å². The van der Waals surface area contributed by atoms with Crippen molar-refractivity contribution >= 4 is 12.1 Å². The first kappa shape index (κ1) is 11.0. The van der Waals surface area contributed by atoms with Crippen LogP contribution in [0.2, 0.25) is 0 Å². The zero-order valence-corrected chi connectivity index (χ0v) is 9.59. The topological polar surface area (TPSA) is 64.1 Å². The van der Waals surface area contributed by atoms with Crippen LogP contribution < -0.4 is 0 Å². The molecule has 0 aromatic heterocycles. The molecule has 0 aromatic rings. The van der Waals surface area contributed by atoms with Gasteiger partial charge >= 0.3 is 12.1 Å². The Morgan fingerprint density at radius 1 is 1.38 bits per heavy atom. The van der Waals surface area contributed by atoms with Gasteiger partial charge in [0.2, 0.25) is 0 Å². The lowest BCUT2D eigenvalue weighted by molar-refractivity contribution is 0.0996. The summed E-state index contributed by atoms with van der Waals surface area (Å²) in [5, 5.41) is 8.91. The third-order valence-corrected chi connectivity index (χ3v) is 3.28. The van der Waals surface area contributed by atoms with E-state index in [0.717, 1.165) is 0 Å². The van der Waals surface area contributed by atoms with Crippen LogP contribution in [0.4, 0.5) is 9.59 Å². The van der Waals surface area contributed by atoms with Gasteiger partial charge in [0.15, 0.2) is 0 Å². The number of carboxylic acid groups (broad SMARTS) is 1. The van der Waals surface area contributed by atoms with Gasteiger partial charge in [0, 0.05) is 32.2 Å². The normalized spacial score (nSPS) is 25.3. The van der Waals surface area contributed by atoms with Crippen molar-refractivity contribution in [2.45, 2.75) is 25.9 Å². The van der Waals surface area contributed by atoms with E-state index in [9.17, 15) is 9.59 Å². The summed E-state index contributed by atoms with van der Waals surface area (Å²) in [6.07, 6.45) is -0.893. The van der Waals surface area contributed by atoms with Crippen LogP contribution in [0.1, 0.15) is 13.8 Å². The average molecular weight is 227 g/mol. The smallest absolute Gasteiger partial charge is 0.407 e. The zero-order valence-electron chi connectivity index (χ0n) is 9.59. The van der Waals surface area contributed by atoms with E-state index in [-0.39, 0.29) is 18.1 Å². The largest absolute Gasteiger partial charge is 0.465 e. The molecule has 0 bridgehead atoms. The van der Waals surface area contributed by atoms with Crippen molar-refractivity contribution in [1.82, 2.24) is 14.7 Å². The van der Waals surface area contributed by atoms with Gasteiger partial charge in [-0.15, -0.1) is 0 Å². The summed E-state index contributed by atoms with van der Waals surface area (Å²) in [4.78, 5) is 27.8. The number of carbonyl (C=O) groups is 2. The summed E-state index contributed by atoms with van der Waals surface area (Å²) < 4.78 is 0. The van der Waals surface area contributed by atoms with E-state index in [2.05, 4.69) is 0 Å². The van der Waals surface area contributed by atoms with E-state index in [4.69, 9.17) is 5.11 Å². The SMILES string of the molecule is CC(C)N1CC2CN(C(=O)O)CCN2C1=O. The summed E-state index contributed by atoms with van der Waals surface area (Å²) in [5.74, 6) is 0. The van der Waals surface area contributed by atoms with E-state index in [1.807, 2.05) is 13.8 Å². The monoisotopic (exact) mass is 227 g/mol. The number of nitrogens with zero attached hydrogens (tertiary/aromatic N) is 3.